The summed E-state index contributed by atoms with van der Waals surface area (Å²) in [6.45, 7) is 9.42. The lowest BCUT2D eigenvalue weighted by atomic mass is 9.85. The molecule has 0 bridgehead atoms. The molecule has 0 spiro atoms. The van der Waals surface area contributed by atoms with Gasteiger partial charge in [0.25, 0.3) is 0 Å². The Morgan fingerprint density at radius 2 is 1.60 bits per heavy atom. The Kier molecular flexibility index (Phi) is 9.82. The number of alkyl carbamates (subject to hydrolysis) is 1. The molecule has 47 heavy (non-hydrogen) atoms. The van der Waals surface area contributed by atoms with E-state index in [0.717, 1.165) is 42.4 Å². The first-order chi connectivity index (χ1) is 22.4. The Morgan fingerprint density at radius 3 is 2.15 bits per heavy atom. The number of carbonyl (C=O) groups excluding carboxylic acids is 4. The van der Waals surface area contributed by atoms with Crippen molar-refractivity contribution in [2.45, 2.75) is 88.6 Å². The summed E-state index contributed by atoms with van der Waals surface area (Å²) in [4.78, 5) is 56.1. The average molecular weight is 646 g/mol. The summed E-state index contributed by atoms with van der Waals surface area (Å²) in [6, 6.07) is 15.9. The predicted molar refractivity (Wildman–Crippen MR) is 177 cm³/mol. The van der Waals surface area contributed by atoms with Gasteiger partial charge >= 0.3 is 12.1 Å². The van der Waals surface area contributed by atoms with Crippen molar-refractivity contribution in [3.8, 4) is 11.1 Å². The Bertz CT molecular complexity index is 1480. The number of ether oxygens (including phenoxy) is 3. The Balaban J connectivity index is 1.47. The van der Waals surface area contributed by atoms with Gasteiger partial charge in [0.15, 0.2) is 0 Å². The number of methoxy groups -OCH3 is 2. The molecule has 1 saturated heterocycles. The molecule has 1 aliphatic heterocycles. The van der Waals surface area contributed by atoms with E-state index in [1.54, 1.807) is 13.2 Å². The Morgan fingerprint density at radius 1 is 0.957 bits per heavy atom. The van der Waals surface area contributed by atoms with Crippen molar-refractivity contribution < 1.29 is 33.4 Å². The molecule has 2 saturated carbocycles. The van der Waals surface area contributed by atoms with Gasteiger partial charge in [-0.15, -0.1) is 6.58 Å². The maximum Gasteiger partial charge on any atom is 0.408 e. The lowest BCUT2D eigenvalue weighted by Gasteiger charge is -2.36. The molecule has 5 rings (SSSR count). The fourth-order valence-corrected chi connectivity index (χ4v) is 7.02. The fraction of sp³-hybridized carbons (Fsp3) is 0.514. The second-order valence-corrected chi connectivity index (χ2v) is 14.1. The van der Waals surface area contributed by atoms with Crippen LogP contribution in [0.2, 0.25) is 0 Å². The topological polar surface area (TPSA) is 123 Å². The average Bonchev–Trinajstić information content (AvgIpc) is 3.36. The molecular weight excluding hydrogens is 598 g/mol. The zero-order chi connectivity index (χ0) is 34.0. The van der Waals surface area contributed by atoms with Gasteiger partial charge in [0.2, 0.25) is 11.8 Å². The van der Waals surface area contributed by atoms with Crippen molar-refractivity contribution in [3.63, 3.8) is 0 Å². The van der Waals surface area contributed by atoms with Gasteiger partial charge in [-0.3, -0.25) is 9.59 Å². The van der Waals surface area contributed by atoms with Crippen molar-refractivity contribution in [2.24, 2.45) is 11.3 Å². The van der Waals surface area contributed by atoms with Gasteiger partial charge in [-0.2, -0.15) is 0 Å². The van der Waals surface area contributed by atoms with Crippen LogP contribution in [0.3, 0.4) is 0 Å². The van der Waals surface area contributed by atoms with E-state index in [-0.39, 0.29) is 25.0 Å². The number of benzene rings is 2. The van der Waals surface area contributed by atoms with Gasteiger partial charge in [0.1, 0.15) is 29.3 Å². The van der Waals surface area contributed by atoms with Crippen LogP contribution in [0.25, 0.3) is 11.1 Å². The minimum atomic E-state index is -1.25. The highest BCUT2D eigenvalue weighted by Gasteiger charge is 2.62. The second-order valence-electron chi connectivity index (χ2n) is 14.1. The first kappa shape index (κ1) is 34.2. The van der Waals surface area contributed by atoms with E-state index in [0.29, 0.717) is 6.42 Å². The van der Waals surface area contributed by atoms with Crippen molar-refractivity contribution in [3.05, 3.63) is 72.8 Å². The highest BCUT2D eigenvalue weighted by molar-refractivity contribution is 5.97. The van der Waals surface area contributed by atoms with Crippen LogP contribution in [-0.4, -0.2) is 73.3 Å². The fourth-order valence-electron chi connectivity index (χ4n) is 7.02. The third kappa shape index (κ3) is 6.93. The lowest BCUT2D eigenvalue weighted by Crippen LogP contribution is -2.59. The summed E-state index contributed by atoms with van der Waals surface area (Å²) >= 11 is 0. The van der Waals surface area contributed by atoms with Crippen LogP contribution in [0.5, 0.6) is 0 Å². The summed E-state index contributed by atoms with van der Waals surface area (Å²) in [6.07, 6.45) is 4.85. The molecule has 1 heterocycles. The van der Waals surface area contributed by atoms with E-state index in [9.17, 15) is 19.2 Å². The van der Waals surface area contributed by atoms with E-state index in [1.807, 2.05) is 75.4 Å². The number of nitrogens with one attached hydrogen (secondary N) is 2. The molecule has 2 N–H and O–H groups in total. The zero-order valence-electron chi connectivity index (χ0n) is 28.0. The molecule has 0 aromatic heterocycles. The number of esters is 1. The summed E-state index contributed by atoms with van der Waals surface area (Å²) < 4.78 is 16.9. The number of hydrogen-bond acceptors (Lipinski definition) is 7. The van der Waals surface area contributed by atoms with E-state index < -0.39 is 52.5 Å². The third-order valence-electron chi connectivity index (χ3n) is 9.97. The van der Waals surface area contributed by atoms with E-state index in [2.05, 4.69) is 17.2 Å². The summed E-state index contributed by atoms with van der Waals surface area (Å²) in [5, 5.41) is 5.73. The van der Waals surface area contributed by atoms with Gasteiger partial charge in [0, 0.05) is 19.4 Å². The van der Waals surface area contributed by atoms with Crippen LogP contribution in [-0.2, 0) is 34.2 Å². The van der Waals surface area contributed by atoms with Crippen molar-refractivity contribution in [1.29, 1.82) is 0 Å². The molecule has 10 heteroatoms. The molecule has 2 aliphatic carbocycles. The predicted octanol–water partition coefficient (Wildman–Crippen LogP) is 5.11. The number of carbonyl (C=O) groups is 4. The molecule has 3 fully saturated rings. The van der Waals surface area contributed by atoms with Gasteiger partial charge < -0.3 is 29.7 Å². The maximum absolute atomic E-state index is 14.6. The molecule has 3 aliphatic rings. The van der Waals surface area contributed by atoms with Gasteiger partial charge in [0.05, 0.1) is 13.7 Å². The van der Waals surface area contributed by atoms with Crippen molar-refractivity contribution >= 4 is 23.9 Å². The Hall–Kier alpha value is -4.18. The molecule has 5 atom stereocenters. The molecular formula is C37H47N3O7. The monoisotopic (exact) mass is 645 g/mol. The zero-order valence-corrected chi connectivity index (χ0v) is 28.0. The second kappa shape index (κ2) is 13.5. The lowest BCUT2D eigenvalue weighted by molar-refractivity contribution is -0.148. The van der Waals surface area contributed by atoms with E-state index in [1.165, 1.54) is 12.0 Å². The molecule has 2 aromatic carbocycles. The quantitative estimate of drug-likeness (QED) is 0.272. The first-order valence-electron chi connectivity index (χ1n) is 16.4. The maximum atomic E-state index is 14.6. The molecule has 2 aromatic rings. The van der Waals surface area contributed by atoms with Gasteiger partial charge in [-0.25, -0.2) is 9.59 Å². The summed E-state index contributed by atoms with van der Waals surface area (Å²) in [7, 11) is 2.84. The van der Waals surface area contributed by atoms with Crippen molar-refractivity contribution in [2.75, 3.05) is 20.8 Å². The van der Waals surface area contributed by atoms with Crippen molar-refractivity contribution in [1.82, 2.24) is 15.5 Å². The molecule has 1 unspecified atom stereocenters. The molecule has 0 radical (unpaired) electrons. The molecule has 3 amide bonds. The van der Waals surface area contributed by atoms with E-state index >= 15 is 0 Å². The summed E-state index contributed by atoms with van der Waals surface area (Å²) in [5.74, 6) is -1.81. The number of hydrogen-bond donors (Lipinski definition) is 2. The first-order valence-corrected chi connectivity index (χ1v) is 16.4. The molecule has 10 nitrogen and oxygen atoms in total. The highest BCUT2D eigenvalue weighted by Crippen LogP contribution is 2.47. The number of rotatable bonds is 10. The smallest absolute Gasteiger partial charge is 0.408 e. The van der Waals surface area contributed by atoms with Crippen LogP contribution in [0, 0.1) is 11.3 Å². The largest absolute Gasteiger partial charge is 0.467 e. The van der Waals surface area contributed by atoms with Crippen LogP contribution in [0.15, 0.2) is 67.3 Å². The van der Waals surface area contributed by atoms with E-state index in [4.69, 9.17) is 14.2 Å². The van der Waals surface area contributed by atoms with Crippen LogP contribution in [0.4, 0.5) is 4.79 Å². The standard InChI is InChI=1S/C37H47N3O7/c1-7-26-21-37(26,33(43)45-5)39-31(41)29-22-36(46-6,27-19-17-25(18-20-27)24-13-9-8-10-14-24)23-40(29)32(42)30(35(2,3)4)38-34(44)47-28-15-11-12-16-28/h7-10,13-14,17-20,26,28-30H,1,11-12,15-16,21-23H2,2-6H3,(H,38,44)(H,39,41)/t26?,29-,30+,36-,37+/m0/s1. The Labute approximate surface area is 277 Å². The molecule has 252 valence electrons. The van der Waals surface area contributed by atoms with Gasteiger partial charge in [-0.1, -0.05) is 81.4 Å². The SMILES string of the molecule is C=CC1C[C@]1(NC(=O)[C@@H]1C[C@@](OC)(c2ccc(-c3ccccc3)cc2)CN1C(=O)[C@@H](NC(=O)OC1CCCC1)C(C)(C)C)C(=O)OC. The third-order valence-corrected chi connectivity index (χ3v) is 9.97. The minimum absolute atomic E-state index is 0.0488. The number of amides is 3. The summed E-state index contributed by atoms with van der Waals surface area (Å²) in [5.41, 5.74) is -0.136. The number of nitrogens with zero attached hydrogens (tertiary/aromatic N) is 1. The highest BCUT2D eigenvalue weighted by atomic mass is 16.6. The minimum Gasteiger partial charge on any atom is -0.467 e. The van der Waals surface area contributed by atoms with Crippen LogP contribution < -0.4 is 10.6 Å². The normalized spacial score (nSPS) is 26.3. The van der Waals surface area contributed by atoms with Gasteiger partial charge in [-0.05, 0) is 54.2 Å². The van der Waals surface area contributed by atoms with Crippen LogP contribution in [0.1, 0.15) is 64.9 Å². The van der Waals surface area contributed by atoms with Crippen LogP contribution >= 0.6 is 0 Å². The number of likely N-dealkylation sites (tertiary alicyclic amines) is 1.